The number of rotatable bonds is 5. The van der Waals surface area contributed by atoms with Crippen LogP contribution in [0.3, 0.4) is 0 Å². The number of nitriles is 1. The van der Waals surface area contributed by atoms with Crippen LogP contribution in [0.15, 0.2) is 30.3 Å². The Bertz CT molecular complexity index is 923. The van der Waals surface area contributed by atoms with Crippen LogP contribution in [0.1, 0.15) is 47.3 Å². The van der Waals surface area contributed by atoms with Crippen molar-refractivity contribution >= 4 is 28.2 Å². The molecule has 2 aliphatic carbocycles. The highest BCUT2D eigenvalue weighted by molar-refractivity contribution is 7.16. The normalized spacial score (nSPS) is 16.7. The number of fused-ring (bicyclic) bond motifs is 1. The number of nitrogens with zero attached hydrogens (tertiary/aromatic N) is 1. The fraction of sp³-hybridized carbons (Fsp3) is 0.381. The molecule has 2 aromatic rings. The van der Waals surface area contributed by atoms with Gasteiger partial charge in [0.1, 0.15) is 11.1 Å². The van der Waals surface area contributed by atoms with E-state index < -0.39 is 11.3 Å². The summed E-state index contributed by atoms with van der Waals surface area (Å²) >= 11 is 1.47. The van der Waals surface area contributed by atoms with Crippen molar-refractivity contribution in [3.63, 3.8) is 0 Å². The number of carbonyl (C=O) groups is 2. The molecule has 1 aromatic heterocycles. The maximum absolute atomic E-state index is 12.5. The van der Waals surface area contributed by atoms with Gasteiger partial charge in [0.25, 0.3) is 5.91 Å². The van der Waals surface area contributed by atoms with Crippen molar-refractivity contribution in [3.8, 4) is 6.07 Å². The first-order valence-corrected chi connectivity index (χ1v) is 10.0. The molecule has 0 radical (unpaired) electrons. The van der Waals surface area contributed by atoms with Gasteiger partial charge in [-0.25, -0.2) is 0 Å². The number of benzene rings is 1. The molecule has 0 aliphatic heterocycles. The summed E-state index contributed by atoms with van der Waals surface area (Å²) in [5.41, 5.74) is 1.98. The maximum Gasteiger partial charge on any atom is 0.317 e. The van der Waals surface area contributed by atoms with E-state index >= 15 is 0 Å². The van der Waals surface area contributed by atoms with Gasteiger partial charge in [0.05, 0.1) is 11.0 Å². The number of aryl methyl sites for hydroxylation is 1. The summed E-state index contributed by atoms with van der Waals surface area (Å²) in [5.74, 6) is -0.753. The summed E-state index contributed by atoms with van der Waals surface area (Å²) in [6.45, 7) is -0.332. The lowest BCUT2D eigenvalue weighted by molar-refractivity contribution is -0.150. The Hall–Kier alpha value is -2.65. The largest absolute Gasteiger partial charge is 0.455 e. The Labute approximate surface area is 162 Å². The number of nitrogens with one attached hydrogen (secondary N) is 1. The van der Waals surface area contributed by atoms with Crippen molar-refractivity contribution in [3.05, 3.63) is 51.9 Å². The molecule has 0 saturated heterocycles. The second-order valence-corrected chi connectivity index (χ2v) is 8.20. The summed E-state index contributed by atoms with van der Waals surface area (Å²) in [6.07, 6.45) is 5.52. The van der Waals surface area contributed by atoms with Gasteiger partial charge in [0.15, 0.2) is 6.61 Å². The summed E-state index contributed by atoms with van der Waals surface area (Å²) in [4.78, 5) is 26.0. The predicted molar refractivity (Wildman–Crippen MR) is 103 cm³/mol. The van der Waals surface area contributed by atoms with E-state index in [2.05, 4.69) is 11.4 Å². The highest BCUT2D eigenvalue weighted by Gasteiger charge is 2.52. The first-order valence-electron chi connectivity index (χ1n) is 9.21. The molecule has 5 nitrogen and oxygen atoms in total. The van der Waals surface area contributed by atoms with Gasteiger partial charge in [-0.1, -0.05) is 30.3 Å². The Morgan fingerprint density at radius 3 is 2.63 bits per heavy atom. The van der Waals surface area contributed by atoms with Crippen LogP contribution in [0.4, 0.5) is 5.00 Å². The van der Waals surface area contributed by atoms with Crippen LogP contribution in [0, 0.1) is 11.3 Å². The smallest absolute Gasteiger partial charge is 0.317 e. The molecule has 0 bridgehead atoms. The minimum atomic E-state index is -0.596. The van der Waals surface area contributed by atoms with Crippen molar-refractivity contribution in [1.82, 2.24) is 0 Å². The number of carbonyl (C=O) groups excluding carboxylic acids is 2. The lowest BCUT2D eigenvalue weighted by Crippen LogP contribution is -2.28. The van der Waals surface area contributed by atoms with Crippen LogP contribution in [0.2, 0.25) is 0 Å². The zero-order chi connectivity index (χ0) is 18.9. The van der Waals surface area contributed by atoms with Gasteiger partial charge >= 0.3 is 5.97 Å². The summed E-state index contributed by atoms with van der Waals surface area (Å²) in [7, 11) is 0. The zero-order valence-electron chi connectivity index (χ0n) is 14.9. The molecule has 1 fully saturated rings. The quantitative estimate of drug-likeness (QED) is 0.802. The number of thiophene rings is 1. The van der Waals surface area contributed by atoms with Crippen LogP contribution >= 0.6 is 11.3 Å². The van der Waals surface area contributed by atoms with Crippen LogP contribution < -0.4 is 5.32 Å². The number of amides is 1. The van der Waals surface area contributed by atoms with Crippen molar-refractivity contribution in [1.29, 1.82) is 5.26 Å². The van der Waals surface area contributed by atoms with Crippen LogP contribution in [0.25, 0.3) is 0 Å². The Kier molecular flexibility index (Phi) is 4.71. The molecule has 1 heterocycles. The monoisotopic (exact) mass is 380 g/mol. The summed E-state index contributed by atoms with van der Waals surface area (Å²) < 4.78 is 5.30. The van der Waals surface area contributed by atoms with Gasteiger partial charge in [0.2, 0.25) is 0 Å². The van der Waals surface area contributed by atoms with E-state index in [4.69, 9.17) is 4.74 Å². The highest BCUT2D eigenvalue weighted by Crippen LogP contribution is 2.49. The van der Waals surface area contributed by atoms with Gasteiger partial charge < -0.3 is 10.1 Å². The number of hydrogen-bond donors (Lipinski definition) is 1. The zero-order valence-corrected chi connectivity index (χ0v) is 15.7. The Balaban J connectivity index is 1.39. The molecule has 2 aliphatic rings. The van der Waals surface area contributed by atoms with Crippen molar-refractivity contribution in [2.75, 3.05) is 11.9 Å². The van der Waals surface area contributed by atoms with E-state index in [1.165, 1.54) is 16.2 Å². The lowest BCUT2D eigenvalue weighted by Gasteiger charge is -2.14. The van der Waals surface area contributed by atoms with Gasteiger partial charge in [-0.3, -0.25) is 9.59 Å². The summed E-state index contributed by atoms with van der Waals surface area (Å²) in [5, 5.41) is 12.8. The van der Waals surface area contributed by atoms with Crippen LogP contribution in [0.5, 0.6) is 0 Å². The van der Waals surface area contributed by atoms with Crippen LogP contribution in [-0.2, 0) is 32.6 Å². The fourth-order valence-corrected chi connectivity index (χ4v) is 4.95. The van der Waals surface area contributed by atoms with Crippen molar-refractivity contribution in [2.24, 2.45) is 0 Å². The molecular formula is C21H20N2O3S. The predicted octanol–water partition coefficient (Wildman–Crippen LogP) is 3.71. The molecule has 1 amide bonds. The topological polar surface area (TPSA) is 79.2 Å². The van der Waals surface area contributed by atoms with Crippen LogP contribution in [-0.4, -0.2) is 18.5 Å². The third kappa shape index (κ3) is 3.35. The Morgan fingerprint density at radius 2 is 1.93 bits per heavy atom. The van der Waals surface area contributed by atoms with Gasteiger partial charge in [-0.05, 0) is 49.7 Å². The second-order valence-electron chi connectivity index (χ2n) is 7.10. The van der Waals surface area contributed by atoms with E-state index in [-0.39, 0.29) is 12.6 Å². The molecule has 27 heavy (non-hydrogen) atoms. The Morgan fingerprint density at radius 1 is 1.19 bits per heavy atom. The molecule has 1 saturated carbocycles. The minimum Gasteiger partial charge on any atom is -0.455 e. The lowest BCUT2D eigenvalue weighted by atomic mass is 9.96. The summed E-state index contributed by atoms with van der Waals surface area (Å²) in [6, 6.07) is 11.8. The minimum absolute atomic E-state index is 0.332. The average Bonchev–Trinajstić information content (AvgIpc) is 3.44. The van der Waals surface area contributed by atoms with Gasteiger partial charge in [0, 0.05) is 4.88 Å². The average molecular weight is 380 g/mol. The van der Waals surface area contributed by atoms with Gasteiger partial charge in [-0.2, -0.15) is 5.26 Å². The standard InChI is InChI=1S/C21H20N2O3S/c22-12-16-15-8-4-5-9-17(15)27-19(16)23-18(24)13-26-20(25)21(10-11-21)14-6-2-1-3-7-14/h1-3,6-7H,4-5,8-11,13H2,(H,23,24). The fourth-order valence-electron chi connectivity index (χ4n) is 3.70. The second kappa shape index (κ2) is 7.16. The van der Waals surface area contributed by atoms with Gasteiger partial charge in [-0.15, -0.1) is 11.3 Å². The molecule has 0 unspecified atom stereocenters. The first kappa shape index (κ1) is 17.7. The van der Waals surface area contributed by atoms with E-state index in [9.17, 15) is 14.9 Å². The molecule has 1 aromatic carbocycles. The molecule has 0 spiro atoms. The van der Waals surface area contributed by atoms with E-state index in [1.54, 1.807) is 0 Å². The van der Waals surface area contributed by atoms with E-state index in [0.29, 0.717) is 10.6 Å². The first-order chi connectivity index (χ1) is 13.1. The number of hydrogen-bond acceptors (Lipinski definition) is 5. The van der Waals surface area contributed by atoms with E-state index in [0.717, 1.165) is 49.7 Å². The highest BCUT2D eigenvalue weighted by atomic mass is 32.1. The molecule has 4 rings (SSSR count). The number of esters is 1. The SMILES string of the molecule is N#Cc1c(NC(=O)COC(=O)C2(c3ccccc3)CC2)sc2c1CCCC2. The van der Waals surface area contributed by atoms with Crippen molar-refractivity contribution in [2.45, 2.75) is 43.9 Å². The molecule has 138 valence electrons. The third-order valence-electron chi connectivity index (χ3n) is 5.34. The number of ether oxygens (including phenoxy) is 1. The molecule has 0 atom stereocenters. The molecule has 1 N–H and O–H groups in total. The van der Waals surface area contributed by atoms with E-state index in [1.807, 2.05) is 30.3 Å². The molecular weight excluding hydrogens is 360 g/mol. The molecule has 6 heteroatoms. The third-order valence-corrected chi connectivity index (χ3v) is 6.54. The van der Waals surface area contributed by atoms with Crippen molar-refractivity contribution < 1.29 is 14.3 Å². The number of anilines is 1. The maximum atomic E-state index is 12.5.